The van der Waals surface area contributed by atoms with Crippen LogP contribution < -0.4 is 0 Å². The van der Waals surface area contributed by atoms with Gasteiger partial charge in [0, 0.05) is 0 Å². The summed E-state index contributed by atoms with van der Waals surface area (Å²) in [6, 6.07) is 0. The summed E-state index contributed by atoms with van der Waals surface area (Å²) in [7, 11) is 4.30. The fourth-order valence-electron chi connectivity index (χ4n) is 0. The zero-order valence-electron chi connectivity index (χ0n) is 4.95. The summed E-state index contributed by atoms with van der Waals surface area (Å²) in [5.41, 5.74) is 0. The molecule has 1 radical (unpaired) electrons. The molecule has 0 aliphatic heterocycles. The first-order valence-corrected chi connectivity index (χ1v) is 7.25. The molecule has 0 aromatic heterocycles. The Morgan fingerprint density at radius 2 is 1.33 bits per heavy atom. The zero-order valence-corrected chi connectivity index (χ0v) is 7.05. The van der Waals surface area contributed by atoms with E-state index in [9.17, 15) is 0 Å². The van der Waals surface area contributed by atoms with E-state index >= 15 is 0 Å². The summed E-state index contributed by atoms with van der Waals surface area (Å²) in [4.78, 5) is 0. The molecule has 0 saturated heterocycles. The normalized spacial score (nSPS) is 11.0. The summed E-state index contributed by atoms with van der Waals surface area (Å²) in [6.07, 6.45) is 0. The van der Waals surface area contributed by atoms with Crippen LogP contribution in [0.15, 0.2) is 0 Å². The van der Waals surface area contributed by atoms with Crippen LogP contribution in [0.3, 0.4) is 0 Å². The van der Waals surface area contributed by atoms with Gasteiger partial charge in [-0.1, -0.05) is 0 Å². The molecule has 0 rings (SSSR count). The van der Waals surface area contributed by atoms with Gasteiger partial charge in [-0.15, -0.1) is 0 Å². The van der Waals surface area contributed by atoms with Crippen LogP contribution in [0.2, 0.25) is 11.5 Å². The molecule has 0 heterocycles. The molecule has 0 spiro atoms. The predicted octanol–water partition coefficient (Wildman–Crippen LogP) is 0.799. The minimum absolute atomic E-state index is 0.630. The Kier molecular flexibility index (Phi) is 2.86. The summed E-state index contributed by atoms with van der Waals surface area (Å²) in [6.45, 7) is 0. The van der Waals surface area contributed by atoms with Gasteiger partial charge in [-0.25, -0.2) is 0 Å². The average Bonchev–Trinajstić information content (AvgIpc) is 1.36. The molecule has 0 amide bonds. The fraction of sp³-hybridized carbons (Fsp3) is 1.00. The molecule has 0 bridgehead atoms. The van der Waals surface area contributed by atoms with Gasteiger partial charge in [0.2, 0.25) is 0 Å². The van der Waals surface area contributed by atoms with Gasteiger partial charge in [0.25, 0.3) is 0 Å². The molecule has 1 nitrogen and oxygen atoms in total. The monoisotopic (exact) mass is 148 g/mol. The maximum atomic E-state index is 2.33. The van der Waals surface area contributed by atoms with E-state index in [1.54, 1.807) is 0 Å². The van der Waals surface area contributed by atoms with Gasteiger partial charge in [0.15, 0.2) is 0 Å². The second-order valence-electron chi connectivity index (χ2n) is 1.84. The van der Waals surface area contributed by atoms with E-state index in [1.165, 1.54) is 0 Å². The van der Waals surface area contributed by atoms with Crippen molar-refractivity contribution in [3.05, 3.63) is 0 Å². The van der Waals surface area contributed by atoms with Crippen LogP contribution in [0.1, 0.15) is 0 Å². The number of nitrogens with zero attached hydrogens (tertiary/aromatic N) is 1. The van der Waals surface area contributed by atoms with E-state index in [2.05, 4.69) is 29.5 Å². The van der Waals surface area contributed by atoms with E-state index in [-0.39, 0.29) is 0 Å². The third kappa shape index (κ3) is 2.72. The number of rotatable bonds is 1. The Morgan fingerprint density at radius 3 is 1.33 bits per heavy atom. The molecule has 0 unspecified atom stereocenters. The summed E-state index contributed by atoms with van der Waals surface area (Å²) < 4.78 is 2.33. The van der Waals surface area contributed by atoms with Crippen molar-refractivity contribution in [1.29, 1.82) is 0 Å². The molecule has 0 aromatic rings. The third-order valence-corrected chi connectivity index (χ3v) is 4.65. The SMILES string of the molecule is C[N](C)[Ge]([CH3])[CH3]. The van der Waals surface area contributed by atoms with Crippen molar-refractivity contribution in [3.8, 4) is 0 Å². The molecule has 2 heteroatoms. The average molecular weight is 147 g/mol. The Balaban J connectivity index is 2.99. The molecule has 37 valence electrons. The van der Waals surface area contributed by atoms with E-state index in [4.69, 9.17) is 0 Å². The van der Waals surface area contributed by atoms with Crippen LogP contribution in [0, 0.1) is 0 Å². The second kappa shape index (κ2) is 2.64. The molecule has 0 aliphatic rings. The Bertz CT molecular complexity index is 28.5. The molecule has 0 aromatic carbocycles. The van der Waals surface area contributed by atoms with Crippen LogP contribution in [0.4, 0.5) is 0 Å². The van der Waals surface area contributed by atoms with Gasteiger partial charge in [-0.05, 0) is 0 Å². The first-order valence-electron chi connectivity index (χ1n) is 2.12. The molecule has 0 fully saturated rings. The van der Waals surface area contributed by atoms with E-state index in [0.29, 0.717) is 0 Å². The Labute approximate surface area is 44.7 Å². The van der Waals surface area contributed by atoms with Gasteiger partial charge >= 0.3 is 44.0 Å². The Hall–Kier alpha value is 0.503. The van der Waals surface area contributed by atoms with Crippen molar-refractivity contribution in [2.24, 2.45) is 0 Å². The van der Waals surface area contributed by atoms with E-state index < -0.39 is 14.6 Å². The summed E-state index contributed by atoms with van der Waals surface area (Å²) >= 11 is -0.630. The van der Waals surface area contributed by atoms with Gasteiger partial charge in [-0.3, -0.25) is 0 Å². The number of hydrogen-bond donors (Lipinski definition) is 0. The van der Waals surface area contributed by atoms with Crippen LogP contribution in [0.25, 0.3) is 0 Å². The molecule has 0 atom stereocenters. The van der Waals surface area contributed by atoms with Crippen molar-refractivity contribution in [1.82, 2.24) is 3.86 Å². The van der Waals surface area contributed by atoms with E-state index in [0.717, 1.165) is 0 Å². The second-order valence-corrected chi connectivity index (χ2v) is 7.69. The molecular weight excluding hydrogens is 135 g/mol. The minimum atomic E-state index is -0.630. The van der Waals surface area contributed by atoms with Crippen molar-refractivity contribution in [3.63, 3.8) is 0 Å². The van der Waals surface area contributed by atoms with Gasteiger partial charge in [-0.2, -0.15) is 0 Å². The summed E-state index contributed by atoms with van der Waals surface area (Å²) in [5.74, 6) is 4.67. The van der Waals surface area contributed by atoms with Crippen LogP contribution in [0.5, 0.6) is 0 Å². The molecular formula is C4H12GeN. The van der Waals surface area contributed by atoms with Crippen molar-refractivity contribution in [2.45, 2.75) is 11.5 Å². The Morgan fingerprint density at radius 1 is 1.17 bits per heavy atom. The van der Waals surface area contributed by atoms with Crippen molar-refractivity contribution >= 4 is 14.6 Å². The summed E-state index contributed by atoms with van der Waals surface area (Å²) in [5, 5.41) is 0. The third-order valence-electron chi connectivity index (χ3n) is 0.894. The predicted molar refractivity (Wildman–Crippen MR) is 31.2 cm³/mol. The fourth-order valence-corrected chi connectivity index (χ4v) is 0. The standard InChI is InChI=1S/C4H12GeN/c1-5(2)6(3)4/h1-4H3. The van der Waals surface area contributed by atoms with Crippen molar-refractivity contribution in [2.75, 3.05) is 14.1 Å². The number of hydrogen-bond acceptors (Lipinski definition) is 1. The first kappa shape index (κ1) is 6.50. The topological polar surface area (TPSA) is 3.24 Å². The zero-order chi connectivity index (χ0) is 5.15. The molecule has 0 saturated carbocycles. The van der Waals surface area contributed by atoms with Gasteiger partial charge < -0.3 is 0 Å². The quantitative estimate of drug-likeness (QED) is 0.495. The van der Waals surface area contributed by atoms with Gasteiger partial charge in [0.1, 0.15) is 0 Å². The molecule has 0 aliphatic carbocycles. The molecule has 6 heavy (non-hydrogen) atoms. The van der Waals surface area contributed by atoms with Crippen LogP contribution in [-0.2, 0) is 0 Å². The van der Waals surface area contributed by atoms with Crippen LogP contribution in [-0.4, -0.2) is 32.5 Å². The maximum absolute atomic E-state index is 2.33. The van der Waals surface area contributed by atoms with E-state index in [1.807, 2.05) is 0 Å². The first-order chi connectivity index (χ1) is 2.64. The van der Waals surface area contributed by atoms with Gasteiger partial charge in [0.05, 0.1) is 0 Å². The molecule has 0 N–H and O–H groups in total. The van der Waals surface area contributed by atoms with Crippen LogP contribution >= 0.6 is 0 Å². The van der Waals surface area contributed by atoms with Crippen molar-refractivity contribution < 1.29 is 0 Å².